The lowest BCUT2D eigenvalue weighted by Crippen LogP contribution is -2.39. The molecule has 7 nitrogen and oxygen atoms in total. The summed E-state index contributed by atoms with van der Waals surface area (Å²) in [6.07, 6.45) is 0. The van der Waals surface area contributed by atoms with Gasteiger partial charge in [0.15, 0.2) is 6.61 Å². The number of carbonyl (C=O) groups is 3. The summed E-state index contributed by atoms with van der Waals surface area (Å²) in [5.41, 5.74) is 0.334. The van der Waals surface area contributed by atoms with Gasteiger partial charge in [-0.25, -0.2) is 0 Å². The summed E-state index contributed by atoms with van der Waals surface area (Å²) >= 11 is 0. The molecule has 2 amide bonds. The highest BCUT2D eigenvalue weighted by atomic mass is 16.5. The molecule has 0 bridgehead atoms. The topological polar surface area (TPSA) is 93.7 Å². The Hall–Kier alpha value is -2.57. The Labute approximate surface area is 148 Å². The maximum atomic E-state index is 12.1. The van der Waals surface area contributed by atoms with Gasteiger partial charge < -0.3 is 20.1 Å². The highest BCUT2D eigenvalue weighted by Gasteiger charge is 2.15. The predicted molar refractivity (Wildman–Crippen MR) is 93.3 cm³/mol. The maximum Gasteiger partial charge on any atom is 0.325 e. The molecule has 138 valence electrons. The number of amides is 2. The first kappa shape index (κ1) is 20.5. The van der Waals surface area contributed by atoms with Gasteiger partial charge in [0.2, 0.25) is 0 Å². The zero-order valence-corrected chi connectivity index (χ0v) is 15.1. The number of hydrogen-bond acceptors (Lipinski definition) is 5. The van der Waals surface area contributed by atoms with Crippen LogP contribution in [0.4, 0.5) is 0 Å². The number of nitrogens with one attached hydrogen (secondary N) is 2. The first-order valence-electron chi connectivity index (χ1n) is 8.30. The lowest BCUT2D eigenvalue weighted by molar-refractivity contribution is -0.147. The second-order valence-corrected chi connectivity index (χ2v) is 5.87. The number of para-hydroxylation sites is 1. The van der Waals surface area contributed by atoms with Gasteiger partial charge in [0.1, 0.15) is 12.3 Å². The molecule has 1 atom stereocenters. The van der Waals surface area contributed by atoms with Gasteiger partial charge in [-0.15, -0.1) is 0 Å². The van der Waals surface area contributed by atoms with Crippen LogP contribution in [0.25, 0.3) is 0 Å². The van der Waals surface area contributed by atoms with E-state index >= 15 is 0 Å². The molecule has 2 N–H and O–H groups in total. The molecule has 1 rings (SSSR count). The van der Waals surface area contributed by atoms with Gasteiger partial charge in [-0.3, -0.25) is 14.4 Å². The summed E-state index contributed by atoms with van der Waals surface area (Å²) in [4.78, 5) is 35.4. The van der Waals surface area contributed by atoms with Gasteiger partial charge in [-0.2, -0.15) is 0 Å². The molecule has 0 saturated heterocycles. The Balaban J connectivity index is 2.41. The van der Waals surface area contributed by atoms with Crippen molar-refractivity contribution in [3.8, 4) is 5.75 Å². The molecule has 0 unspecified atom stereocenters. The fraction of sp³-hybridized carbons (Fsp3) is 0.500. The fourth-order valence-corrected chi connectivity index (χ4v) is 1.84. The third-order valence-corrected chi connectivity index (χ3v) is 3.58. The van der Waals surface area contributed by atoms with Crippen LogP contribution >= 0.6 is 0 Å². The van der Waals surface area contributed by atoms with Crippen LogP contribution in [0.2, 0.25) is 0 Å². The lowest BCUT2D eigenvalue weighted by Gasteiger charge is -2.17. The van der Waals surface area contributed by atoms with Crippen molar-refractivity contribution in [3.63, 3.8) is 0 Å². The van der Waals surface area contributed by atoms with Crippen LogP contribution in [0.1, 0.15) is 38.1 Å². The van der Waals surface area contributed by atoms with Gasteiger partial charge in [0.05, 0.1) is 12.2 Å². The van der Waals surface area contributed by atoms with Gasteiger partial charge in [-0.05, 0) is 31.9 Å². The minimum absolute atomic E-state index is 0.0130. The van der Waals surface area contributed by atoms with Crippen molar-refractivity contribution in [2.24, 2.45) is 5.92 Å². The fourth-order valence-electron chi connectivity index (χ4n) is 1.84. The van der Waals surface area contributed by atoms with Crippen LogP contribution in [0.3, 0.4) is 0 Å². The van der Waals surface area contributed by atoms with Crippen molar-refractivity contribution in [1.29, 1.82) is 0 Å². The van der Waals surface area contributed by atoms with Crippen molar-refractivity contribution >= 4 is 17.8 Å². The van der Waals surface area contributed by atoms with Gasteiger partial charge in [0.25, 0.3) is 11.8 Å². The molecule has 0 aliphatic heterocycles. The van der Waals surface area contributed by atoms with Crippen molar-refractivity contribution in [1.82, 2.24) is 10.6 Å². The standard InChI is InChI=1S/C18H26N2O5/c1-5-24-15-9-7-6-8-14(15)18(23)19-10-17(22)25-11-16(21)20-13(4)12(2)3/h6-9,12-13H,5,10-11H2,1-4H3,(H,19,23)(H,20,21)/t13-/m1/s1. The third-order valence-electron chi connectivity index (χ3n) is 3.58. The molecular weight excluding hydrogens is 324 g/mol. The second kappa shape index (κ2) is 10.3. The number of ether oxygens (including phenoxy) is 2. The Kier molecular flexibility index (Phi) is 8.46. The van der Waals surface area contributed by atoms with E-state index in [-0.39, 0.29) is 31.0 Å². The molecular formula is C18H26N2O5. The van der Waals surface area contributed by atoms with E-state index in [0.717, 1.165) is 0 Å². The molecule has 1 aromatic carbocycles. The predicted octanol–water partition coefficient (Wildman–Crippen LogP) is 1.52. The van der Waals surface area contributed by atoms with E-state index in [1.807, 2.05) is 27.7 Å². The van der Waals surface area contributed by atoms with E-state index in [4.69, 9.17) is 9.47 Å². The molecule has 25 heavy (non-hydrogen) atoms. The Morgan fingerprint density at radius 2 is 1.80 bits per heavy atom. The smallest absolute Gasteiger partial charge is 0.325 e. The Bertz CT molecular complexity index is 601. The van der Waals surface area contributed by atoms with Gasteiger partial charge in [0, 0.05) is 6.04 Å². The third kappa shape index (κ3) is 7.24. The van der Waals surface area contributed by atoms with Crippen molar-refractivity contribution in [3.05, 3.63) is 29.8 Å². The largest absolute Gasteiger partial charge is 0.493 e. The van der Waals surface area contributed by atoms with E-state index in [9.17, 15) is 14.4 Å². The number of rotatable bonds is 9. The van der Waals surface area contributed by atoms with Crippen LogP contribution in [-0.4, -0.2) is 43.6 Å². The van der Waals surface area contributed by atoms with Gasteiger partial charge in [-0.1, -0.05) is 26.0 Å². The Morgan fingerprint density at radius 1 is 1.12 bits per heavy atom. The number of benzene rings is 1. The van der Waals surface area contributed by atoms with E-state index in [1.54, 1.807) is 24.3 Å². The summed E-state index contributed by atoms with van der Waals surface area (Å²) in [5.74, 6) is -0.779. The minimum atomic E-state index is -0.686. The summed E-state index contributed by atoms with van der Waals surface area (Å²) in [5, 5.41) is 5.18. The van der Waals surface area contributed by atoms with Crippen LogP contribution in [0.5, 0.6) is 5.75 Å². The van der Waals surface area contributed by atoms with Gasteiger partial charge >= 0.3 is 5.97 Å². The van der Waals surface area contributed by atoms with E-state index in [2.05, 4.69) is 10.6 Å². The highest BCUT2D eigenvalue weighted by Crippen LogP contribution is 2.17. The average molecular weight is 350 g/mol. The molecule has 0 aliphatic carbocycles. The monoisotopic (exact) mass is 350 g/mol. The van der Waals surface area contributed by atoms with Crippen LogP contribution in [-0.2, 0) is 14.3 Å². The quantitative estimate of drug-likeness (QED) is 0.659. The number of hydrogen-bond donors (Lipinski definition) is 2. The SMILES string of the molecule is CCOc1ccccc1C(=O)NCC(=O)OCC(=O)N[C@H](C)C(C)C. The normalized spacial score (nSPS) is 11.6. The molecule has 0 spiro atoms. The first-order valence-corrected chi connectivity index (χ1v) is 8.30. The average Bonchev–Trinajstić information content (AvgIpc) is 2.58. The summed E-state index contributed by atoms with van der Waals surface area (Å²) in [7, 11) is 0. The molecule has 0 radical (unpaired) electrons. The van der Waals surface area contributed by atoms with E-state index < -0.39 is 11.9 Å². The maximum absolute atomic E-state index is 12.1. The van der Waals surface area contributed by atoms with Crippen LogP contribution in [0, 0.1) is 5.92 Å². The molecule has 0 saturated carbocycles. The number of esters is 1. The summed E-state index contributed by atoms with van der Waals surface area (Å²) in [6, 6.07) is 6.73. The molecule has 0 heterocycles. The van der Waals surface area contributed by atoms with Crippen molar-refractivity contribution in [2.75, 3.05) is 19.8 Å². The van der Waals surface area contributed by atoms with Crippen LogP contribution < -0.4 is 15.4 Å². The number of carbonyl (C=O) groups excluding carboxylic acids is 3. The molecule has 7 heteroatoms. The van der Waals surface area contributed by atoms with Crippen molar-refractivity contribution < 1.29 is 23.9 Å². The first-order chi connectivity index (χ1) is 11.8. The zero-order chi connectivity index (χ0) is 18.8. The zero-order valence-electron chi connectivity index (χ0n) is 15.1. The minimum Gasteiger partial charge on any atom is -0.493 e. The van der Waals surface area contributed by atoms with E-state index in [1.165, 1.54) is 0 Å². The lowest BCUT2D eigenvalue weighted by atomic mass is 10.1. The van der Waals surface area contributed by atoms with Crippen molar-refractivity contribution in [2.45, 2.75) is 33.7 Å². The molecule has 0 fully saturated rings. The van der Waals surface area contributed by atoms with E-state index in [0.29, 0.717) is 17.9 Å². The highest BCUT2D eigenvalue weighted by molar-refractivity contribution is 5.98. The van der Waals surface area contributed by atoms with Crippen LogP contribution in [0.15, 0.2) is 24.3 Å². The molecule has 0 aliphatic rings. The second-order valence-electron chi connectivity index (χ2n) is 5.87. The molecule has 0 aromatic heterocycles. The molecule has 1 aromatic rings. The Morgan fingerprint density at radius 3 is 2.44 bits per heavy atom. The summed E-state index contributed by atoms with van der Waals surface area (Å²) < 4.78 is 10.2. The summed E-state index contributed by atoms with van der Waals surface area (Å²) in [6.45, 7) is 7.38.